The Morgan fingerprint density at radius 1 is 0.275 bits per heavy atom. The van der Waals surface area contributed by atoms with E-state index in [0.717, 1.165) is 140 Å². The smallest absolute Gasteiger partial charge is 0.252 e. The first kappa shape index (κ1) is 61.9. The minimum Gasteiger partial charge on any atom is -0.310 e. The molecule has 0 atom stereocenters. The quantitative estimate of drug-likeness (QED) is 0.121. The van der Waals surface area contributed by atoms with Gasteiger partial charge in [0.25, 0.3) is 6.71 Å². The van der Waals surface area contributed by atoms with Crippen LogP contribution >= 0.6 is 0 Å². The van der Waals surface area contributed by atoms with Crippen LogP contribution in [-0.4, -0.2) is 21.2 Å². The van der Waals surface area contributed by atoms with E-state index in [-0.39, 0.29) is 17.5 Å². The molecule has 16 aromatic rings. The first-order chi connectivity index (χ1) is 49.9. The van der Waals surface area contributed by atoms with Crippen LogP contribution in [0.4, 0.5) is 34.1 Å². The molecule has 0 radical (unpaired) electrons. The lowest BCUT2D eigenvalue weighted by molar-refractivity contribution is 0.591. The van der Waals surface area contributed by atoms with Crippen molar-refractivity contribution >= 4 is 79.0 Å². The third-order valence-electron chi connectivity index (χ3n) is 21.0. The average molecular weight is 1310 g/mol. The maximum absolute atomic E-state index is 4.86. The number of aromatic nitrogens is 3. The zero-order valence-electron chi connectivity index (χ0n) is 58.1. The normalized spacial score (nSPS) is 12.5. The van der Waals surface area contributed by atoms with E-state index in [1.165, 1.54) is 38.3 Å². The fraction of sp³-hybridized carbons (Fsp3) is 0.0833. The van der Waals surface area contributed by atoms with E-state index < -0.39 is 0 Å². The summed E-state index contributed by atoms with van der Waals surface area (Å²) in [5.74, 6) is 0. The largest absolute Gasteiger partial charge is 0.310 e. The molecule has 0 spiro atoms. The van der Waals surface area contributed by atoms with Crippen LogP contribution in [0.15, 0.2) is 340 Å². The van der Waals surface area contributed by atoms with Crippen molar-refractivity contribution in [3.8, 4) is 95.0 Å². The zero-order chi connectivity index (χ0) is 68.8. The molecule has 18 rings (SSSR count). The van der Waals surface area contributed by atoms with Gasteiger partial charge in [0.05, 0.1) is 39.5 Å². The molecular weight excluding hydrogens is 1230 g/mol. The highest BCUT2D eigenvalue weighted by atomic mass is 15.2. The van der Waals surface area contributed by atoms with Crippen LogP contribution in [0.1, 0.15) is 52.7 Å². The van der Waals surface area contributed by atoms with Crippen molar-refractivity contribution in [2.24, 2.45) is 0 Å². The number of pyridine rings is 2. The number of nitrogens with zero attached hydrogens (tertiary/aromatic N) is 5. The van der Waals surface area contributed by atoms with Crippen LogP contribution < -0.4 is 26.2 Å². The number of benzene rings is 13. The van der Waals surface area contributed by atoms with E-state index >= 15 is 0 Å². The third kappa shape index (κ3) is 10.7. The number of hydrogen-bond acceptors (Lipinski definition) is 4. The minimum absolute atomic E-state index is 0.143. The van der Waals surface area contributed by atoms with Crippen molar-refractivity contribution in [1.82, 2.24) is 14.5 Å². The van der Waals surface area contributed by atoms with E-state index in [2.05, 4.69) is 371 Å². The van der Waals surface area contributed by atoms with E-state index in [0.29, 0.717) is 0 Å². The van der Waals surface area contributed by atoms with Crippen molar-refractivity contribution in [1.29, 1.82) is 0 Å². The highest BCUT2D eigenvalue weighted by Gasteiger charge is 2.46. The number of rotatable bonds is 11. The summed E-state index contributed by atoms with van der Waals surface area (Å²) in [5.41, 5.74) is 33.2. The predicted octanol–water partition coefficient (Wildman–Crippen LogP) is 23.6. The molecule has 2 aliphatic rings. The van der Waals surface area contributed by atoms with Gasteiger partial charge < -0.3 is 14.4 Å². The average Bonchev–Trinajstić information content (AvgIpc) is 0.767. The monoisotopic (exact) mass is 1310 g/mol. The summed E-state index contributed by atoms with van der Waals surface area (Å²) in [6, 6.07) is 122. The predicted molar refractivity (Wildman–Crippen MR) is 431 cm³/mol. The molecule has 486 valence electrons. The zero-order valence-corrected chi connectivity index (χ0v) is 58.1. The molecule has 102 heavy (non-hydrogen) atoms. The lowest BCUT2D eigenvalue weighted by Crippen LogP contribution is -2.61. The molecule has 6 heteroatoms. The van der Waals surface area contributed by atoms with Crippen molar-refractivity contribution in [2.75, 3.05) is 9.80 Å². The first-order valence-corrected chi connectivity index (χ1v) is 35.5. The standard InChI is InChI=1S/C96H74BN5/c1-95(2,3)73-47-49-80-81-50-48-74(96(4,5)6)60-87(81)100(86(80)59-73)75-61-90-92-91(62-75)102(94-78(65-31-15-9-16-32-65)41-26-42-79(94)66-33-17-10-18-34-66)89-58-70(68-36-24-38-72(56-68)85-44-20-22-54-99-85)46-52-83(89)97(92)82-51-45-69(67-35-23-37-71(55-67)84-43-19-21-53-98-84)57-88(82)101(90)93-76(63-27-11-7-12-28-63)39-25-40-77(93)64-29-13-8-14-30-64/h7-62H,1-6H3. The molecule has 0 saturated carbocycles. The summed E-state index contributed by atoms with van der Waals surface area (Å²) >= 11 is 0. The topological polar surface area (TPSA) is 37.2 Å². The Morgan fingerprint density at radius 3 is 0.980 bits per heavy atom. The Labute approximate surface area is 598 Å². The lowest BCUT2D eigenvalue weighted by atomic mass is 9.33. The van der Waals surface area contributed by atoms with Gasteiger partial charge in [-0.05, 0) is 156 Å². The van der Waals surface area contributed by atoms with Crippen LogP contribution in [0.25, 0.3) is 117 Å². The summed E-state index contributed by atoms with van der Waals surface area (Å²) in [6.45, 7) is 13.7. The van der Waals surface area contributed by atoms with Gasteiger partial charge in [0, 0.05) is 79.3 Å². The molecule has 0 fully saturated rings. The van der Waals surface area contributed by atoms with E-state index in [9.17, 15) is 0 Å². The Bertz CT molecular complexity index is 5420. The van der Waals surface area contributed by atoms with Crippen molar-refractivity contribution in [3.63, 3.8) is 0 Å². The molecule has 0 N–H and O–H groups in total. The van der Waals surface area contributed by atoms with Gasteiger partial charge in [0.1, 0.15) is 0 Å². The fourth-order valence-corrected chi connectivity index (χ4v) is 15.9. The third-order valence-corrected chi connectivity index (χ3v) is 21.0. The summed E-state index contributed by atoms with van der Waals surface area (Å²) in [4.78, 5) is 15.1. The molecule has 0 unspecified atom stereocenters. The van der Waals surface area contributed by atoms with Gasteiger partial charge in [-0.15, -0.1) is 0 Å². The van der Waals surface area contributed by atoms with Gasteiger partial charge in [0.15, 0.2) is 0 Å². The van der Waals surface area contributed by atoms with Crippen LogP contribution in [0.3, 0.4) is 0 Å². The minimum atomic E-state index is -0.268. The van der Waals surface area contributed by atoms with Gasteiger partial charge in [-0.25, -0.2) is 0 Å². The maximum Gasteiger partial charge on any atom is 0.252 e. The molecular formula is C96H74BN5. The van der Waals surface area contributed by atoms with Gasteiger partial charge in [-0.2, -0.15) is 0 Å². The molecule has 0 amide bonds. The van der Waals surface area contributed by atoms with Gasteiger partial charge >= 0.3 is 0 Å². The number of fused-ring (bicyclic) bond motifs is 7. The molecule has 13 aromatic carbocycles. The Kier molecular flexibility index (Phi) is 15.1. The Hall–Kier alpha value is -12.4. The second-order valence-electron chi connectivity index (χ2n) is 29.3. The molecule has 5 heterocycles. The SMILES string of the molecule is CC(C)(C)c1ccc2c3ccc(C(C)(C)C)cc3n(-c3cc4c5c(c3)N(c3c(-c6ccccc6)cccc3-c3ccccc3)c3cc(-c6cccc(-c7ccccn7)c6)ccc3B5c3ccc(-c5cccc(-c6ccccn6)c5)cc3N4c3c(-c4ccccc4)cccc3-c3ccccc3)c2c1. The number of anilines is 6. The first-order valence-electron chi connectivity index (χ1n) is 35.5. The van der Waals surface area contributed by atoms with Crippen LogP contribution in [-0.2, 0) is 10.8 Å². The lowest BCUT2D eigenvalue weighted by Gasteiger charge is -2.46. The summed E-state index contributed by atoms with van der Waals surface area (Å²) in [5, 5.41) is 2.42. The molecule has 3 aromatic heterocycles. The van der Waals surface area contributed by atoms with E-state index in [4.69, 9.17) is 9.97 Å². The highest BCUT2D eigenvalue weighted by molar-refractivity contribution is 7.00. The molecule has 0 saturated heterocycles. The maximum atomic E-state index is 4.86. The summed E-state index contributed by atoms with van der Waals surface area (Å²) in [6.07, 6.45) is 3.77. The van der Waals surface area contributed by atoms with Crippen molar-refractivity contribution in [3.05, 3.63) is 351 Å². The van der Waals surface area contributed by atoms with Crippen LogP contribution in [0, 0.1) is 0 Å². The number of hydrogen-bond donors (Lipinski definition) is 0. The van der Waals surface area contributed by atoms with Crippen molar-refractivity contribution < 1.29 is 0 Å². The molecule has 2 aliphatic heterocycles. The molecule has 5 nitrogen and oxygen atoms in total. The van der Waals surface area contributed by atoms with Gasteiger partial charge in [-0.1, -0.05) is 296 Å². The summed E-state index contributed by atoms with van der Waals surface area (Å²) in [7, 11) is 0. The van der Waals surface area contributed by atoms with Gasteiger partial charge in [0.2, 0.25) is 0 Å². The second-order valence-corrected chi connectivity index (χ2v) is 29.3. The Morgan fingerprint density at radius 2 is 0.618 bits per heavy atom. The summed E-state index contributed by atoms with van der Waals surface area (Å²) < 4.78 is 2.61. The Balaban J connectivity index is 1.04. The molecule has 0 aliphatic carbocycles. The number of para-hydroxylation sites is 2. The van der Waals surface area contributed by atoms with Crippen LogP contribution in [0.2, 0.25) is 0 Å². The van der Waals surface area contributed by atoms with Crippen molar-refractivity contribution in [2.45, 2.75) is 52.4 Å². The van der Waals surface area contributed by atoms with E-state index in [1.807, 2.05) is 24.5 Å². The second kappa shape index (κ2) is 24.8. The highest BCUT2D eigenvalue weighted by Crippen LogP contribution is 2.55. The fourth-order valence-electron chi connectivity index (χ4n) is 15.9. The van der Waals surface area contributed by atoms with Crippen LogP contribution in [0.5, 0.6) is 0 Å². The van der Waals surface area contributed by atoms with E-state index in [1.54, 1.807) is 0 Å². The van der Waals surface area contributed by atoms with Gasteiger partial charge in [-0.3, -0.25) is 9.97 Å². The molecule has 0 bridgehead atoms.